The monoisotopic (exact) mass is 318 g/mol. The van der Waals surface area contributed by atoms with Gasteiger partial charge < -0.3 is 0 Å². The summed E-state index contributed by atoms with van der Waals surface area (Å²) in [5.74, 6) is 0.165. The van der Waals surface area contributed by atoms with Gasteiger partial charge in [0.25, 0.3) is 0 Å². The molecule has 0 radical (unpaired) electrons. The van der Waals surface area contributed by atoms with E-state index in [-0.39, 0.29) is 11.6 Å². The first-order valence-corrected chi connectivity index (χ1v) is 9.01. The average molecular weight is 318 g/mol. The molecule has 0 amide bonds. The highest BCUT2D eigenvalue weighted by molar-refractivity contribution is 6.02. The Hall–Kier alpha value is -2.22. The number of hydrogen-bond acceptors (Lipinski definition) is 2. The van der Waals surface area contributed by atoms with Crippen LogP contribution in [0, 0.1) is 0 Å². The fourth-order valence-electron chi connectivity index (χ4n) is 4.01. The summed E-state index contributed by atoms with van der Waals surface area (Å²) in [6.45, 7) is 0. The van der Waals surface area contributed by atoms with E-state index in [1.807, 2.05) is 24.3 Å². The smallest absolute Gasteiger partial charge is 0.163 e. The summed E-state index contributed by atoms with van der Waals surface area (Å²) in [7, 11) is 0. The number of ketones is 2. The Balaban J connectivity index is 1.41. The first-order valence-electron chi connectivity index (χ1n) is 9.01. The molecule has 2 nitrogen and oxygen atoms in total. The lowest BCUT2D eigenvalue weighted by Crippen LogP contribution is -2.06. The van der Waals surface area contributed by atoms with Gasteiger partial charge in [-0.15, -0.1) is 0 Å². The molecule has 0 atom stereocenters. The van der Waals surface area contributed by atoms with E-state index in [2.05, 4.69) is 12.1 Å². The minimum atomic E-state index is 0.0826. The van der Waals surface area contributed by atoms with E-state index in [0.29, 0.717) is 12.8 Å². The maximum absolute atomic E-state index is 12.4. The minimum absolute atomic E-state index is 0.0826. The third-order valence-electron chi connectivity index (χ3n) is 5.42. The zero-order valence-electron chi connectivity index (χ0n) is 13.9. The molecule has 2 heteroatoms. The molecule has 0 spiro atoms. The fraction of sp³-hybridized carbons (Fsp3) is 0.364. The number of carbonyl (C=O) groups excluding carboxylic acids is 2. The average Bonchev–Trinajstić information content (AvgIpc) is 3.26. The lowest BCUT2D eigenvalue weighted by atomic mass is 9.97. The van der Waals surface area contributed by atoms with E-state index in [1.54, 1.807) is 0 Å². The van der Waals surface area contributed by atoms with Gasteiger partial charge in [0.1, 0.15) is 0 Å². The molecule has 2 aromatic carbocycles. The van der Waals surface area contributed by atoms with Gasteiger partial charge in [0.2, 0.25) is 0 Å². The molecule has 0 saturated heterocycles. The lowest BCUT2D eigenvalue weighted by Gasteiger charge is -2.06. The molecular formula is C22H22O2. The predicted octanol–water partition coefficient (Wildman–Crippen LogP) is 4.51. The Kier molecular flexibility index (Phi) is 4.05. The van der Waals surface area contributed by atoms with Crippen molar-refractivity contribution in [2.75, 3.05) is 0 Å². The highest BCUT2D eigenvalue weighted by Gasteiger charge is 2.17. The number of rotatable bonds is 5. The number of carbonyl (C=O) groups is 2. The molecule has 0 bridgehead atoms. The van der Waals surface area contributed by atoms with Crippen LogP contribution in [0.5, 0.6) is 0 Å². The molecule has 0 unspecified atom stereocenters. The van der Waals surface area contributed by atoms with E-state index in [4.69, 9.17) is 0 Å². The van der Waals surface area contributed by atoms with Crippen LogP contribution < -0.4 is 0 Å². The maximum atomic E-state index is 12.4. The van der Waals surface area contributed by atoms with Crippen molar-refractivity contribution >= 4 is 11.6 Å². The SMILES string of the molecule is O=C(CCC(=O)c1ccc2c(c1)CCC2)c1ccc2c(c1)CCC2. The summed E-state index contributed by atoms with van der Waals surface area (Å²) in [6, 6.07) is 12.1. The maximum Gasteiger partial charge on any atom is 0.163 e. The molecule has 0 aromatic heterocycles. The van der Waals surface area contributed by atoms with Crippen molar-refractivity contribution in [3.8, 4) is 0 Å². The van der Waals surface area contributed by atoms with Crippen LogP contribution in [0.2, 0.25) is 0 Å². The van der Waals surface area contributed by atoms with E-state index in [0.717, 1.165) is 36.8 Å². The minimum Gasteiger partial charge on any atom is -0.294 e. The Morgan fingerprint density at radius 3 is 1.50 bits per heavy atom. The molecular weight excluding hydrogens is 296 g/mol. The standard InChI is InChI=1S/C22H22O2/c23-21(19-9-7-15-3-1-5-17(15)13-19)11-12-22(24)20-10-8-16-4-2-6-18(16)14-20/h7-10,13-14H,1-6,11-12H2. The highest BCUT2D eigenvalue weighted by Crippen LogP contribution is 2.25. The number of Topliss-reactive ketones (excluding diaryl/α,β-unsaturated/α-hetero) is 2. The number of aryl methyl sites for hydroxylation is 4. The first-order chi connectivity index (χ1) is 11.7. The first kappa shape index (κ1) is 15.3. The Labute approximate surface area is 142 Å². The van der Waals surface area contributed by atoms with Gasteiger partial charge in [0.05, 0.1) is 0 Å². The second kappa shape index (κ2) is 6.35. The van der Waals surface area contributed by atoms with Gasteiger partial charge >= 0.3 is 0 Å². The zero-order chi connectivity index (χ0) is 16.5. The predicted molar refractivity (Wildman–Crippen MR) is 94.8 cm³/mol. The van der Waals surface area contributed by atoms with Crippen molar-refractivity contribution in [3.63, 3.8) is 0 Å². The van der Waals surface area contributed by atoms with Crippen molar-refractivity contribution in [1.82, 2.24) is 0 Å². The largest absolute Gasteiger partial charge is 0.294 e. The fourth-order valence-corrected chi connectivity index (χ4v) is 4.01. The van der Waals surface area contributed by atoms with Crippen molar-refractivity contribution in [3.05, 3.63) is 69.8 Å². The van der Waals surface area contributed by atoms with Crippen LogP contribution in [0.25, 0.3) is 0 Å². The molecule has 2 aliphatic carbocycles. The van der Waals surface area contributed by atoms with Crippen LogP contribution in [0.15, 0.2) is 36.4 Å². The van der Waals surface area contributed by atoms with Gasteiger partial charge in [-0.05, 0) is 72.9 Å². The third-order valence-corrected chi connectivity index (χ3v) is 5.42. The summed E-state index contributed by atoms with van der Waals surface area (Å²) in [5, 5.41) is 0. The summed E-state index contributed by atoms with van der Waals surface area (Å²) in [6.07, 6.45) is 7.37. The van der Waals surface area contributed by atoms with Crippen LogP contribution in [0.4, 0.5) is 0 Å². The van der Waals surface area contributed by atoms with Gasteiger partial charge in [-0.3, -0.25) is 9.59 Å². The van der Waals surface area contributed by atoms with Gasteiger partial charge in [0, 0.05) is 24.0 Å². The second-order valence-electron chi connectivity index (χ2n) is 7.02. The zero-order valence-corrected chi connectivity index (χ0v) is 13.9. The summed E-state index contributed by atoms with van der Waals surface area (Å²) in [4.78, 5) is 24.8. The van der Waals surface area contributed by atoms with Crippen molar-refractivity contribution < 1.29 is 9.59 Å². The number of hydrogen-bond donors (Lipinski definition) is 0. The highest BCUT2D eigenvalue weighted by atomic mass is 16.1. The van der Waals surface area contributed by atoms with Crippen LogP contribution in [0.1, 0.15) is 68.7 Å². The third kappa shape index (κ3) is 2.93. The molecule has 0 fully saturated rings. The summed E-state index contributed by atoms with van der Waals surface area (Å²) in [5.41, 5.74) is 6.90. The van der Waals surface area contributed by atoms with E-state index >= 15 is 0 Å². The molecule has 0 heterocycles. The van der Waals surface area contributed by atoms with Crippen molar-refractivity contribution in [1.29, 1.82) is 0 Å². The van der Waals surface area contributed by atoms with Gasteiger partial charge in [0.15, 0.2) is 11.6 Å². The van der Waals surface area contributed by atoms with Gasteiger partial charge in [-0.2, -0.15) is 0 Å². The van der Waals surface area contributed by atoms with E-state index in [1.165, 1.54) is 35.1 Å². The quantitative estimate of drug-likeness (QED) is 0.760. The van der Waals surface area contributed by atoms with Crippen molar-refractivity contribution in [2.24, 2.45) is 0 Å². The van der Waals surface area contributed by atoms with Crippen molar-refractivity contribution in [2.45, 2.75) is 51.4 Å². The molecule has 2 aromatic rings. The second-order valence-corrected chi connectivity index (χ2v) is 7.02. The Bertz CT molecular complexity index is 747. The summed E-state index contributed by atoms with van der Waals surface area (Å²) < 4.78 is 0. The van der Waals surface area contributed by atoms with Crippen LogP contribution in [-0.4, -0.2) is 11.6 Å². The molecule has 122 valence electrons. The van der Waals surface area contributed by atoms with E-state index < -0.39 is 0 Å². The normalized spacial score (nSPS) is 15.2. The number of benzene rings is 2. The molecule has 4 rings (SSSR count). The summed E-state index contributed by atoms with van der Waals surface area (Å²) >= 11 is 0. The van der Waals surface area contributed by atoms with Gasteiger partial charge in [-0.1, -0.05) is 24.3 Å². The number of fused-ring (bicyclic) bond motifs is 2. The van der Waals surface area contributed by atoms with Crippen LogP contribution in [0.3, 0.4) is 0 Å². The van der Waals surface area contributed by atoms with Crippen LogP contribution >= 0.6 is 0 Å². The molecule has 0 aliphatic heterocycles. The topological polar surface area (TPSA) is 34.1 Å². The van der Waals surface area contributed by atoms with Gasteiger partial charge in [-0.25, -0.2) is 0 Å². The van der Waals surface area contributed by atoms with Crippen LogP contribution in [-0.2, 0) is 25.7 Å². The van der Waals surface area contributed by atoms with E-state index in [9.17, 15) is 9.59 Å². The Morgan fingerprint density at radius 1 is 0.625 bits per heavy atom. The molecule has 0 N–H and O–H groups in total. The molecule has 0 saturated carbocycles. The molecule has 2 aliphatic rings. The Morgan fingerprint density at radius 2 is 1.04 bits per heavy atom. The molecule has 24 heavy (non-hydrogen) atoms. The lowest BCUT2D eigenvalue weighted by molar-refractivity contribution is 0.0917.